The molecule has 0 aliphatic heterocycles. The zero-order valence-electron chi connectivity index (χ0n) is 7.96. The van der Waals surface area contributed by atoms with E-state index in [1.807, 2.05) is 26.0 Å². The topological polar surface area (TPSA) is 20.2 Å². The molecule has 0 aliphatic rings. The van der Waals surface area contributed by atoms with Crippen LogP contribution in [0, 0.1) is 0 Å². The van der Waals surface area contributed by atoms with Gasteiger partial charge in [0, 0.05) is 0 Å². The van der Waals surface area contributed by atoms with E-state index < -0.39 is 0 Å². The SMILES string of the molecule is C=CC[C@H](O)/C=C(\C)C/C=C/C. The van der Waals surface area contributed by atoms with Crippen LogP contribution in [0.4, 0.5) is 0 Å². The quantitative estimate of drug-likeness (QED) is 0.623. The van der Waals surface area contributed by atoms with Crippen molar-refractivity contribution in [3.63, 3.8) is 0 Å². The highest BCUT2D eigenvalue weighted by molar-refractivity contribution is 5.07. The summed E-state index contributed by atoms with van der Waals surface area (Å²) in [6.45, 7) is 7.58. The highest BCUT2D eigenvalue weighted by atomic mass is 16.3. The van der Waals surface area contributed by atoms with Crippen LogP contribution in [-0.2, 0) is 0 Å². The van der Waals surface area contributed by atoms with E-state index in [2.05, 4.69) is 12.7 Å². The lowest BCUT2D eigenvalue weighted by Gasteiger charge is -2.02. The Balaban J connectivity index is 3.87. The number of hydrogen-bond donors (Lipinski definition) is 1. The van der Waals surface area contributed by atoms with E-state index in [1.165, 1.54) is 5.57 Å². The summed E-state index contributed by atoms with van der Waals surface area (Å²) in [6.07, 6.45) is 8.88. The van der Waals surface area contributed by atoms with Gasteiger partial charge in [-0.05, 0) is 26.7 Å². The monoisotopic (exact) mass is 166 g/mol. The molecule has 0 aromatic rings. The first-order valence-corrected chi connectivity index (χ1v) is 4.28. The predicted molar refractivity (Wildman–Crippen MR) is 54.0 cm³/mol. The largest absolute Gasteiger partial charge is 0.389 e. The van der Waals surface area contributed by atoms with E-state index in [9.17, 15) is 5.11 Å². The molecule has 0 spiro atoms. The molecule has 12 heavy (non-hydrogen) atoms. The van der Waals surface area contributed by atoms with Crippen LogP contribution in [-0.4, -0.2) is 11.2 Å². The Morgan fingerprint density at radius 3 is 2.75 bits per heavy atom. The Hall–Kier alpha value is -0.820. The first-order chi connectivity index (χ1) is 5.70. The minimum Gasteiger partial charge on any atom is -0.389 e. The number of rotatable bonds is 5. The molecule has 0 saturated carbocycles. The second-order valence-electron chi connectivity index (χ2n) is 2.88. The van der Waals surface area contributed by atoms with E-state index in [4.69, 9.17) is 0 Å². The van der Waals surface area contributed by atoms with Crippen LogP contribution in [0.2, 0.25) is 0 Å². The maximum atomic E-state index is 9.35. The van der Waals surface area contributed by atoms with Gasteiger partial charge in [-0.1, -0.05) is 29.9 Å². The van der Waals surface area contributed by atoms with Crippen molar-refractivity contribution < 1.29 is 5.11 Å². The Labute approximate surface area is 75.1 Å². The first kappa shape index (κ1) is 11.2. The molecule has 0 bridgehead atoms. The van der Waals surface area contributed by atoms with E-state index in [0.717, 1.165) is 6.42 Å². The summed E-state index contributed by atoms with van der Waals surface area (Å²) in [5, 5.41) is 9.35. The molecular formula is C11H18O. The van der Waals surface area contributed by atoms with Crippen molar-refractivity contribution in [2.45, 2.75) is 32.8 Å². The first-order valence-electron chi connectivity index (χ1n) is 4.28. The maximum Gasteiger partial charge on any atom is 0.0757 e. The van der Waals surface area contributed by atoms with Gasteiger partial charge in [0.1, 0.15) is 0 Å². The van der Waals surface area contributed by atoms with Gasteiger partial charge in [0.25, 0.3) is 0 Å². The van der Waals surface area contributed by atoms with Gasteiger partial charge in [-0.15, -0.1) is 6.58 Å². The van der Waals surface area contributed by atoms with E-state index >= 15 is 0 Å². The van der Waals surface area contributed by atoms with Gasteiger partial charge in [0.15, 0.2) is 0 Å². The summed E-state index contributed by atoms with van der Waals surface area (Å²) in [6, 6.07) is 0. The second kappa shape index (κ2) is 6.86. The summed E-state index contributed by atoms with van der Waals surface area (Å²) in [4.78, 5) is 0. The third kappa shape index (κ3) is 5.93. The van der Waals surface area contributed by atoms with E-state index in [0.29, 0.717) is 6.42 Å². The van der Waals surface area contributed by atoms with Gasteiger partial charge in [-0.25, -0.2) is 0 Å². The number of hydrogen-bond acceptors (Lipinski definition) is 1. The minimum atomic E-state index is -0.368. The fraction of sp³-hybridized carbons (Fsp3) is 0.455. The lowest BCUT2D eigenvalue weighted by atomic mass is 10.1. The van der Waals surface area contributed by atoms with Crippen LogP contribution in [0.15, 0.2) is 36.5 Å². The van der Waals surface area contributed by atoms with Crippen molar-refractivity contribution in [1.29, 1.82) is 0 Å². The molecule has 0 heterocycles. The van der Waals surface area contributed by atoms with Crippen LogP contribution in [0.3, 0.4) is 0 Å². The van der Waals surface area contributed by atoms with E-state index in [1.54, 1.807) is 6.08 Å². The van der Waals surface area contributed by atoms with Gasteiger partial charge in [0.2, 0.25) is 0 Å². The third-order valence-corrected chi connectivity index (χ3v) is 1.56. The van der Waals surface area contributed by atoms with Crippen LogP contribution < -0.4 is 0 Å². The molecule has 0 aromatic carbocycles. The fourth-order valence-electron chi connectivity index (χ4n) is 0.939. The Morgan fingerprint density at radius 2 is 2.25 bits per heavy atom. The molecule has 1 heteroatoms. The van der Waals surface area contributed by atoms with Gasteiger partial charge >= 0.3 is 0 Å². The van der Waals surface area contributed by atoms with Crippen LogP contribution in [0.1, 0.15) is 26.7 Å². The van der Waals surface area contributed by atoms with Crippen LogP contribution >= 0.6 is 0 Å². The zero-order valence-corrected chi connectivity index (χ0v) is 7.96. The Kier molecular flexibility index (Phi) is 6.39. The molecule has 1 nitrogen and oxygen atoms in total. The summed E-state index contributed by atoms with van der Waals surface area (Å²) in [5.74, 6) is 0. The summed E-state index contributed by atoms with van der Waals surface area (Å²) in [7, 11) is 0. The number of allylic oxidation sites excluding steroid dienone is 3. The lowest BCUT2D eigenvalue weighted by Crippen LogP contribution is -2.00. The molecule has 0 fully saturated rings. The summed E-state index contributed by atoms with van der Waals surface area (Å²) < 4.78 is 0. The van der Waals surface area contributed by atoms with Crippen LogP contribution in [0.25, 0.3) is 0 Å². The molecule has 68 valence electrons. The average Bonchev–Trinajstić information content (AvgIpc) is 2.01. The molecule has 0 saturated heterocycles. The predicted octanol–water partition coefficient (Wildman–Crippen LogP) is 2.84. The standard InChI is InChI=1S/C11H18O/c1-4-6-8-10(3)9-11(12)7-5-2/h4-6,9,11-12H,2,7-8H2,1,3H3/b6-4+,10-9+/t11-/m0/s1. The number of aliphatic hydroxyl groups is 1. The third-order valence-electron chi connectivity index (χ3n) is 1.56. The van der Waals surface area contributed by atoms with Gasteiger partial charge in [0.05, 0.1) is 6.10 Å². The zero-order chi connectivity index (χ0) is 9.40. The average molecular weight is 166 g/mol. The Morgan fingerprint density at radius 1 is 1.58 bits per heavy atom. The molecule has 0 rings (SSSR count). The van der Waals surface area contributed by atoms with Crippen molar-refractivity contribution in [3.05, 3.63) is 36.5 Å². The molecule has 0 radical (unpaired) electrons. The highest BCUT2D eigenvalue weighted by Crippen LogP contribution is 2.05. The second-order valence-corrected chi connectivity index (χ2v) is 2.88. The summed E-state index contributed by atoms with van der Waals surface area (Å²) in [5.41, 5.74) is 1.20. The fourth-order valence-corrected chi connectivity index (χ4v) is 0.939. The van der Waals surface area contributed by atoms with Gasteiger partial charge < -0.3 is 5.11 Å². The van der Waals surface area contributed by atoms with Crippen molar-refractivity contribution in [3.8, 4) is 0 Å². The number of aliphatic hydroxyl groups excluding tert-OH is 1. The molecule has 0 aromatic heterocycles. The maximum absolute atomic E-state index is 9.35. The molecule has 1 N–H and O–H groups in total. The van der Waals surface area contributed by atoms with Gasteiger partial charge in [-0.3, -0.25) is 0 Å². The highest BCUT2D eigenvalue weighted by Gasteiger charge is 1.95. The van der Waals surface area contributed by atoms with Crippen molar-refractivity contribution in [2.75, 3.05) is 0 Å². The van der Waals surface area contributed by atoms with Gasteiger partial charge in [-0.2, -0.15) is 0 Å². The molecule has 0 amide bonds. The smallest absolute Gasteiger partial charge is 0.0757 e. The summed E-state index contributed by atoms with van der Waals surface area (Å²) >= 11 is 0. The molecule has 0 unspecified atom stereocenters. The molecule has 0 aliphatic carbocycles. The normalized spacial score (nSPS) is 15.1. The molecular weight excluding hydrogens is 148 g/mol. The van der Waals surface area contributed by atoms with E-state index in [-0.39, 0.29) is 6.10 Å². The van der Waals surface area contributed by atoms with Crippen molar-refractivity contribution in [2.24, 2.45) is 0 Å². The Bertz CT molecular complexity index is 177. The van der Waals surface area contributed by atoms with Crippen molar-refractivity contribution >= 4 is 0 Å². The van der Waals surface area contributed by atoms with Crippen molar-refractivity contribution in [1.82, 2.24) is 0 Å². The van der Waals surface area contributed by atoms with Crippen LogP contribution in [0.5, 0.6) is 0 Å². The molecule has 1 atom stereocenters. The minimum absolute atomic E-state index is 0.368. The lowest BCUT2D eigenvalue weighted by molar-refractivity contribution is 0.226.